The van der Waals surface area contributed by atoms with E-state index >= 15 is 0 Å². The number of aromatic nitrogens is 3. The third-order valence-electron chi connectivity index (χ3n) is 4.77. The molecule has 0 radical (unpaired) electrons. The summed E-state index contributed by atoms with van der Waals surface area (Å²) in [5.74, 6) is 1.35. The van der Waals surface area contributed by atoms with Gasteiger partial charge in [-0.3, -0.25) is 9.97 Å². The number of hydrogen-bond donors (Lipinski definition) is 1. The summed E-state index contributed by atoms with van der Waals surface area (Å²) in [6, 6.07) is 15.3. The Morgan fingerprint density at radius 2 is 1.70 bits per heavy atom. The van der Waals surface area contributed by atoms with Gasteiger partial charge in [-0.2, -0.15) is 0 Å². The summed E-state index contributed by atoms with van der Waals surface area (Å²) < 4.78 is 10.8. The van der Waals surface area contributed by atoms with Gasteiger partial charge in [-0.15, -0.1) is 0 Å². The number of anilines is 2. The first-order chi connectivity index (χ1) is 14.7. The number of aliphatic hydroxyl groups is 1. The van der Waals surface area contributed by atoms with Crippen LogP contribution in [0.1, 0.15) is 0 Å². The highest BCUT2D eigenvalue weighted by atomic mass is 16.5. The Balaban J connectivity index is 1.79. The van der Waals surface area contributed by atoms with Crippen molar-refractivity contribution in [3.63, 3.8) is 0 Å². The second-order valence-electron chi connectivity index (χ2n) is 6.62. The van der Waals surface area contributed by atoms with Gasteiger partial charge in [0.2, 0.25) is 0 Å². The first kappa shape index (κ1) is 19.6. The van der Waals surface area contributed by atoms with E-state index in [1.807, 2.05) is 53.4 Å². The monoisotopic (exact) mass is 402 g/mol. The van der Waals surface area contributed by atoms with Crippen LogP contribution >= 0.6 is 0 Å². The number of benzene rings is 2. The Kier molecular flexibility index (Phi) is 5.72. The highest BCUT2D eigenvalue weighted by molar-refractivity contribution is 5.82. The number of aliphatic hydroxyl groups excluding tert-OH is 1. The molecule has 0 atom stereocenters. The molecule has 0 aliphatic heterocycles. The predicted octanol–water partition coefficient (Wildman–Crippen LogP) is 3.84. The Morgan fingerprint density at radius 1 is 0.900 bits per heavy atom. The fraction of sp³-hybridized carbons (Fsp3) is 0.174. The molecule has 2 aromatic carbocycles. The summed E-state index contributed by atoms with van der Waals surface area (Å²) in [5, 5.41) is 9.68. The first-order valence-electron chi connectivity index (χ1n) is 9.50. The lowest BCUT2D eigenvalue weighted by Gasteiger charge is -2.25. The number of nitrogens with zero attached hydrogens (tertiary/aromatic N) is 4. The van der Waals surface area contributed by atoms with E-state index in [9.17, 15) is 5.11 Å². The van der Waals surface area contributed by atoms with Crippen LogP contribution in [0, 0.1) is 0 Å². The third kappa shape index (κ3) is 4.01. The van der Waals surface area contributed by atoms with Crippen molar-refractivity contribution in [1.29, 1.82) is 0 Å². The van der Waals surface area contributed by atoms with Crippen molar-refractivity contribution in [3.8, 4) is 22.8 Å². The fourth-order valence-electron chi connectivity index (χ4n) is 3.28. The summed E-state index contributed by atoms with van der Waals surface area (Å²) in [6.07, 6.45) is 5.24. The van der Waals surface area contributed by atoms with Crippen molar-refractivity contribution in [1.82, 2.24) is 15.0 Å². The average molecular weight is 402 g/mol. The molecule has 1 N–H and O–H groups in total. The van der Waals surface area contributed by atoms with Gasteiger partial charge >= 0.3 is 0 Å². The lowest BCUT2D eigenvalue weighted by molar-refractivity contribution is 0.305. The second kappa shape index (κ2) is 8.75. The summed E-state index contributed by atoms with van der Waals surface area (Å²) in [4.78, 5) is 15.4. The molecule has 0 aliphatic rings. The maximum absolute atomic E-state index is 9.68. The van der Waals surface area contributed by atoms with E-state index in [2.05, 4.69) is 9.97 Å². The minimum absolute atomic E-state index is 0.0149. The zero-order chi connectivity index (χ0) is 20.9. The van der Waals surface area contributed by atoms with E-state index in [0.29, 0.717) is 18.0 Å². The molecule has 0 bridgehead atoms. The maximum Gasteiger partial charge on any atom is 0.124 e. The van der Waals surface area contributed by atoms with Gasteiger partial charge in [0.15, 0.2) is 0 Å². The van der Waals surface area contributed by atoms with E-state index in [-0.39, 0.29) is 6.61 Å². The lowest BCUT2D eigenvalue weighted by atomic mass is 10.2. The van der Waals surface area contributed by atoms with Crippen LogP contribution in [0.5, 0.6) is 11.5 Å². The smallest absolute Gasteiger partial charge is 0.124 e. The van der Waals surface area contributed by atoms with Crippen LogP contribution < -0.4 is 14.4 Å². The minimum Gasteiger partial charge on any atom is -0.497 e. The Morgan fingerprint density at radius 3 is 2.37 bits per heavy atom. The van der Waals surface area contributed by atoms with E-state index < -0.39 is 0 Å². The third-order valence-corrected chi connectivity index (χ3v) is 4.77. The molecule has 7 nitrogen and oxygen atoms in total. The molecule has 0 aliphatic carbocycles. The second-order valence-corrected chi connectivity index (χ2v) is 6.62. The first-order valence-corrected chi connectivity index (χ1v) is 9.50. The van der Waals surface area contributed by atoms with Gasteiger partial charge in [-0.25, -0.2) is 4.98 Å². The van der Waals surface area contributed by atoms with Gasteiger partial charge in [0.1, 0.15) is 11.5 Å². The van der Waals surface area contributed by atoms with Gasteiger partial charge in [-0.05, 0) is 30.3 Å². The number of pyridine rings is 1. The molecule has 4 aromatic rings. The maximum atomic E-state index is 9.68. The van der Waals surface area contributed by atoms with Crippen LogP contribution in [0.2, 0.25) is 0 Å². The van der Waals surface area contributed by atoms with Gasteiger partial charge in [0.05, 0.1) is 43.8 Å². The van der Waals surface area contributed by atoms with Crippen molar-refractivity contribution in [2.75, 3.05) is 32.3 Å². The molecule has 2 heterocycles. The highest BCUT2D eigenvalue weighted by Crippen LogP contribution is 2.33. The molecule has 0 amide bonds. The molecule has 152 valence electrons. The molecular weight excluding hydrogens is 380 g/mol. The van der Waals surface area contributed by atoms with Crippen LogP contribution in [-0.2, 0) is 0 Å². The topological polar surface area (TPSA) is 80.6 Å². The van der Waals surface area contributed by atoms with Gasteiger partial charge in [-0.1, -0.05) is 0 Å². The Hall–Kier alpha value is -3.71. The molecule has 0 saturated heterocycles. The Bertz CT molecular complexity index is 1130. The number of methoxy groups -OCH3 is 2. The number of hydrogen-bond acceptors (Lipinski definition) is 7. The van der Waals surface area contributed by atoms with Crippen molar-refractivity contribution < 1.29 is 14.6 Å². The number of ether oxygens (including phenoxy) is 2. The van der Waals surface area contributed by atoms with E-state index in [0.717, 1.165) is 33.7 Å². The van der Waals surface area contributed by atoms with Crippen LogP contribution in [-0.4, -0.2) is 47.4 Å². The van der Waals surface area contributed by atoms with Crippen molar-refractivity contribution in [3.05, 3.63) is 67.1 Å². The summed E-state index contributed by atoms with van der Waals surface area (Å²) in [5.41, 5.74) is 4.93. The van der Waals surface area contributed by atoms with Crippen LogP contribution in [0.25, 0.3) is 22.3 Å². The summed E-state index contributed by atoms with van der Waals surface area (Å²) in [6.45, 7) is 0.385. The molecule has 0 saturated carbocycles. The van der Waals surface area contributed by atoms with E-state index in [4.69, 9.17) is 14.5 Å². The van der Waals surface area contributed by atoms with Gasteiger partial charge < -0.3 is 19.5 Å². The summed E-state index contributed by atoms with van der Waals surface area (Å²) >= 11 is 0. The standard InChI is InChI=1S/C23H22N4O3/c1-29-19-10-18(11-20(13-19)30-2)27(8-9-28)17-5-6-21-22(12-17)26-23(15-25-21)16-4-3-7-24-14-16/h3-7,10-15,28H,8-9H2,1-2H3. The molecule has 7 heteroatoms. The quantitative estimate of drug-likeness (QED) is 0.503. The molecule has 4 rings (SSSR count). The van der Waals surface area contributed by atoms with E-state index in [1.165, 1.54) is 0 Å². The molecule has 2 aromatic heterocycles. The SMILES string of the molecule is COc1cc(OC)cc(N(CCO)c2ccc3ncc(-c4cccnc4)nc3c2)c1. The molecule has 0 spiro atoms. The fourth-order valence-corrected chi connectivity index (χ4v) is 3.28. The molecule has 0 fully saturated rings. The minimum atomic E-state index is -0.0149. The number of rotatable bonds is 7. The zero-order valence-electron chi connectivity index (χ0n) is 16.8. The number of fused-ring (bicyclic) bond motifs is 1. The zero-order valence-corrected chi connectivity index (χ0v) is 16.8. The Labute approximate surface area is 174 Å². The van der Waals surface area contributed by atoms with Gasteiger partial charge in [0.25, 0.3) is 0 Å². The van der Waals surface area contributed by atoms with Crippen molar-refractivity contribution >= 4 is 22.4 Å². The largest absolute Gasteiger partial charge is 0.497 e. The normalized spacial score (nSPS) is 10.8. The highest BCUT2D eigenvalue weighted by Gasteiger charge is 2.14. The van der Waals surface area contributed by atoms with Crippen LogP contribution in [0.15, 0.2) is 67.1 Å². The lowest BCUT2D eigenvalue weighted by Crippen LogP contribution is -2.21. The van der Waals surface area contributed by atoms with E-state index in [1.54, 1.807) is 32.8 Å². The van der Waals surface area contributed by atoms with Crippen LogP contribution in [0.3, 0.4) is 0 Å². The molecular formula is C23H22N4O3. The van der Waals surface area contributed by atoms with Gasteiger partial charge in [0, 0.05) is 54.1 Å². The van der Waals surface area contributed by atoms with Crippen molar-refractivity contribution in [2.24, 2.45) is 0 Å². The summed E-state index contributed by atoms with van der Waals surface area (Å²) in [7, 11) is 3.22. The molecule has 30 heavy (non-hydrogen) atoms. The van der Waals surface area contributed by atoms with Crippen LogP contribution in [0.4, 0.5) is 11.4 Å². The molecule has 0 unspecified atom stereocenters. The predicted molar refractivity (Wildman–Crippen MR) is 116 cm³/mol. The van der Waals surface area contributed by atoms with Crippen molar-refractivity contribution in [2.45, 2.75) is 0 Å². The average Bonchev–Trinajstić information content (AvgIpc) is 2.82.